The van der Waals surface area contributed by atoms with Crippen molar-refractivity contribution in [2.45, 2.75) is 44.8 Å². The van der Waals surface area contributed by atoms with E-state index < -0.39 is 22.7 Å². The van der Waals surface area contributed by atoms with Crippen LogP contribution in [0.5, 0.6) is 0 Å². The lowest BCUT2D eigenvalue weighted by Gasteiger charge is -2.45. The van der Waals surface area contributed by atoms with E-state index >= 15 is 0 Å². The van der Waals surface area contributed by atoms with Crippen LogP contribution in [0.1, 0.15) is 49.9 Å². The van der Waals surface area contributed by atoms with Crippen molar-refractivity contribution in [2.75, 3.05) is 0 Å². The number of fused-ring (bicyclic) bond motifs is 2. The Morgan fingerprint density at radius 1 is 0.893 bits per heavy atom. The molecule has 1 aliphatic rings. The maximum atomic E-state index is 13.9. The number of rotatable bonds is 1. The highest BCUT2D eigenvalue weighted by atomic mass is 19.4. The second kappa shape index (κ2) is 5.90. The molecular formula is C23H21F3N2. The van der Waals surface area contributed by atoms with Crippen LogP contribution < -0.4 is 0 Å². The predicted molar refractivity (Wildman–Crippen MR) is 106 cm³/mol. The molecule has 3 aromatic rings. The van der Waals surface area contributed by atoms with Gasteiger partial charge in [-0.15, -0.1) is 0 Å². The van der Waals surface area contributed by atoms with Crippen molar-refractivity contribution in [3.05, 3.63) is 77.0 Å². The Balaban J connectivity index is 2.03. The van der Waals surface area contributed by atoms with Gasteiger partial charge in [-0.3, -0.25) is 9.98 Å². The Morgan fingerprint density at radius 2 is 1.64 bits per heavy atom. The van der Waals surface area contributed by atoms with Gasteiger partial charge in [0.05, 0.1) is 22.3 Å². The van der Waals surface area contributed by atoms with E-state index in [-0.39, 0.29) is 0 Å². The van der Waals surface area contributed by atoms with Crippen molar-refractivity contribution in [3.63, 3.8) is 0 Å². The maximum absolute atomic E-state index is 13.9. The lowest BCUT2D eigenvalue weighted by molar-refractivity contribution is -0.139. The number of halogens is 3. The molecule has 0 saturated heterocycles. The molecular weight excluding hydrogens is 361 g/mol. The quantitative estimate of drug-likeness (QED) is 0.495. The van der Waals surface area contributed by atoms with Crippen LogP contribution in [0.3, 0.4) is 0 Å². The van der Waals surface area contributed by atoms with Gasteiger partial charge in [-0.1, -0.05) is 44.2 Å². The summed E-state index contributed by atoms with van der Waals surface area (Å²) in [5.41, 5.74) is 0.901. The smallest absolute Gasteiger partial charge is 0.277 e. The van der Waals surface area contributed by atoms with Crippen LogP contribution in [0, 0.1) is 0 Å². The van der Waals surface area contributed by atoms with Gasteiger partial charge in [-0.25, -0.2) is 0 Å². The van der Waals surface area contributed by atoms with Crippen molar-refractivity contribution >= 4 is 16.6 Å². The molecule has 1 aliphatic heterocycles. The van der Waals surface area contributed by atoms with Gasteiger partial charge >= 0.3 is 6.18 Å². The third-order valence-electron chi connectivity index (χ3n) is 6.05. The third-order valence-corrected chi connectivity index (χ3v) is 6.05. The van der Waals surface area contributed by atoms with E-state index in [1.807, 2.05) is 58.0 Å². The standard InChI is InChI=1S/C23H21F3N2/c1-21(2)19-16(8-5-9-17(19)23(24,25)26)20(28-22(21,3)4)15-11-10-14-7-6-12-27-18(14)13-15/h5-13H,1-4H3. The van der Waals surface area contributed by atoms with Gasteiger partial charge in [0, 0.05) is 28.1 Å². The maximum Gasteiger partial charge on any atom is 0.416 e. The van der Waals surface area contributed by atoms with E-state index in [2.05, 4.69) is 4.98 Å². The molecule has 1 aromatic heterocycles. The van der Waals surface area contributed by atoms with E-state index in [0.29, 0.717) is 16.8 Å². The Labute approximate surface area is 162 Å². The van der Waals surface area contributed by atoms with Gasteiger partial charge in [0.1, 0.15) is 0 Å². The zero-order valence-corrected chi connectivity index (χ0v) is 16.2. The molecule has 0 atom stereocenters. The van der Waals surface area contributed by atoms with Crippen LogP contribution in [-0.4, -0.2) is 16.2 Å². The molecule has 0 N–H and O–H groups in total. The van der Waals surface area contributed by atoms with Gasteiger partial charge in [0.25, 0.3) is 0 Å². The minimum atomic E-state index is -4.42. The summed E-state index contributed by atoms with van der Waals surface area (Å²) < 4.78 is 41.6. The summed E-state index contributed by atoms with van der Waals surface area (Å²) in [5.74, 6) is 0. The summed E-state index contributed by atoms with van der Waals surface area (Å²) in [4.78, 5) is 9.31. The number of alkyl halides is 3. The summed E-state index contributed by atoms with van der Waals surface area (Å²) in [6.45, 7) is 7.46. The van der Waals surface area contributed by atoms with Crippen molar-refractivity contribution in [3.8, 4) is 0 Å². The summed E-state index contributed by atoms with van der Waals surface area (Å²) in [5, 5.41) is 0.978. The molecule has 0 radical (unpaired) electrons. The zero-order valence-electron chi connectivity index (χ0n) is 16.2. The summed E-state index contributed by atoms with van der Waals surface area (Å²) in [7, 11) is 0. The van der Waals surface area contributed by atoms with Crippen LogP contribution in [0.2, 0.25) is 0 Å². The van der Waals surface area contributed by atoms with Crippen molar-refractivity contribution in [1.82, 2.24) is 4.98 Å². The second-order valence-corrected chi connectivity index (χ2v) is 8.28. The molecule has 0 aliphatic carbocycles. The van der Waals surface area contributed by atoms with E-state index in [1.54, 1.807) is 12.3 Å². The highest BCUT2D eigenvalue weighted by Crippen LogP contribution is 2.48. The molecule has 28 heavy (non-hydrogen) atoms. The molecule has 4 rings (SSSR count). The van der Waals surface area contributed by atoms with Gasteiger partial charge in [0.2, 0.25) is 0 Å². The van der Waals surface area contributed by atoms with Crippen molar-refractivity contribution in [1.29, 1.82) is 0 Å². The zero-order chi connectivity index (χ0) is 20.3. The number of benzene rings is 2. The molecule has 0 bridgehead atoms. The SMILES string of the molecule is CC1(C)N=C(c2ccc3cccnc3c2)c2cccc(C(F)(F)F)c2C1(C)C. The Kier molecular flexibility index (Phi) is 3.93. The van der Waals surface area contributed by atoms with Gasteiger partial charge in [-0.05, 0) is 37.6 Å². The molecule has 0 fully saturated rings. The summed E-state index contributed by atoms with van der Waals surface area (Å²) in [6, 6.07) is 13.9. The normalized spacial score (nSPS) is 17.9. The van der Waals surface area contributed by atoms with E-state index in [0.717, 1.165) is 16.5 Å². The van der Waals surface area contributed by atoms with E-state index in [1.165, 1.54) is 12.1 Å². The first-order chi connectivity index (χ1) is 13.0. The second-order valence-electron chi connectivity index (χ2n) is 8.28. The van der Waals surface area contributed by atoms with Gasteiger partial charge in [0.15, 0.2) is 0 Å². The molecule has 0 spiro atoms. The number of aromatic nitrogens is 1. The van der Waals surface area contributed by atoms with Gasteiger partial charge < -0.3 is 0 Å². The average Bonchev–Trinajstić information content (AvgIpc) is 2.63. The monoisotopic (exact) mass is 382 g/mol. The first kappa shape index (κ1) is 18.7. The topological polar surface area (TPSA) is 25.2 Å². The first-order valence-electron chi connectivity index (χ1n) is 9.18. The molecule has 5 heteroatoms. The number of aliphatic imine (C=N–C) groups is 1. The van der Waals surface area contributed by atoms with Crippen LogP contribution in [0.15, 0.2) is 59.7 Å². The van der Waals surface area contributed by atoms with Crippen LogP contribution in [-0.2, 0) is 11.6 Å². The Morgan fingerprint density at radius 3 is 2.36 bits per heavy atom. The highest BCUT2D eigenvalue weighted by Gasteiger charge is 2.49. The summed E-state index contributed by atoms with van der Waals surface area (Å²) in [6.07, 6.45) is -2.72. The number of hydrogen-bond donors (Lipinski definition) is 0. The number of pyridine rings is 1. The fourth-order valence-corrected chi connectivity index (χ4v) is 3.88. The van der Waals surface area contributed by atoms with Crippen LogP contribution in [0.4, 0.5) is 13.2 Å². The van der Waals surface area contributed by atoms with Crippen LogP contribution >= 0.6 is 0 Å². The van der Waals surface area contributed by atoms with E-state index in [4.69, 9.17) is 4.99 Å². The number of nitrogens with zero attached hydrogens (tertiary/aromatic N) is 2. The minimum Gasteiger partial charge on any atom is -0.277 e. The highest BCUT2D eigenvalue weighted by molar-refractivity contribution is 6.16. The molecule has 0 amide bonds. The molecule has 144 valence electrons. The molecule has 2 aromatic carbocycles. The van der Waals surface area contributed by atoms with E-state index in [9.17, 15) is 13.2 Å². The number of hydrogen-bond acceptors (Lipinski definition) is 2. The fraction of sp³-hybridized carbons (Fsp3) is 0.304. The molecule has 0 unspecified atom stereocenters. The largest absolute Gasteiger partial charge is 0.416 e. The predicted octanol–water partition coefficient (Wildman–Crippen LogP) is 6.16. The molecule has 0 saturated carbocycles. The first-order valence-corrected chi connectivity index (χ1v) is 9.18. The third kappa shape index (κ3) is 2.72. The molecule has 2 nitrogen and oxygen atoms in total. The lowest BCUT2D eigenvalue weighted by Crippen LogP contribution is -2.47. The minimum absolute atomic E-state index is 0.304. The Hall–Kier alpha value is -2.69. The summed E-state index contributed by atoms with van der Waals surface area (Å²) >= 11 is 0. The lowest BCUT2D eigenvalue weighted by atomic mass is 9.64. The van der Waals surface area contributed by atoms with Crippen molar-refractivity contribution in [2.24, 2.45) is 4.99 Å². The van der Waals surface area contributed by atoms with Crippen LogP contribution in [0.25, 0.3) is 10.9 Å². The van der Waals surface area contributed by atoms with Gasteiger partial charge in [-0.2, -0.15) is 13.2 Å². The average molecular weight is 382 g/mol. The Bertz CT molecular complexity index is 1110. The van der Waals surface area contributed by atoms with Crippen molar-refractivity contribution < 1.29 is 13.2 Å². The fourth-order valence-electron chi connectivity index (χ4n) is 3.88. The molecule has 2 heterocycles.